The quantitative estimate of drug-likeness (QED) is 0.431. The average molecular weight is 570 g/mol. The third kappa shape index (κ3) is 6.42. The number of fused-ring (bicyclic) bond motifs is 1. The normalized spacial score (nSPS) is 19.5. The third-order valence-corrected chi connectivity index (χ3v) is 8.81. The van der Waals surface area contributed by atoms with Gasteiger partial charge < -0.3 is 15.1 Å². The second-order valence-electron chi connectivity index (χ2n) is 11.7. The van der Waals surface area contributed by atoms with Gasteiger partial charge in [0.1, 0.15) is 11.3 Å². The number of benzene rings is 1. The van der Waals surface area contributed by atoms with Crippen LogP contribution in [0.2, 0.25) is 0 Å². The smallest absolute Gasteiger partial charge is 0.350 e. The van der Waals surface area contributed by atoms with E-state index in [1.807, 2.05) is 19.0 Å². The molecule has 0 spiro atoms. The van der Waals surface area contributed by atoms with Gasteiger partial charge in [0.15, 0.2) is 0 Å². The van der Waals surface area contributed by atoms with Gasteiger partial charge in [-0.1, -0.05) is 37.5 Å². The summed E-state index contributed by atoms with van der Waals surface area (Å²) in [5, 5.41) is 3.07. The summed E-state index contributed by atoms with van der Waals surface area (Å²) in [6.07, 6.45) is 4.15. The number of carbonyl (C=O) groups excluding carboxylic acids is 2. The van der Waals surface area contributed by atoms with Gasteiger partial charge in [-0.05, 0) is 69.6 Å². The Morgan fingerprint density at radius 2 is 1.78 bits per heavy atom. The van der Waals surface area contributed by atoms with Crippen molar-refractivity contribution in [3.05, 3.63) is 71.2 Å². The number of halogens is 3. The topological polar surface area (TPSA) is 70.0 Å². The lowest BCUT2D eigenvalue weighted by molar-refractivity contribution is -0.137. The molecule has 5 rings (SSSR count). The van der Waals surface area contributed by atoms with Crippen molar-refractivity contribution in [3.8, 4) is 0 Å². The van der Waals surface area contributed by atoms with Crippen LogP contribution in [-0.4, -0.2) is 70.8 Å². The van der Waals surface area contributed by atoms with Crippen LogP contribution in [0.5, 0.6) is 0 Å². The Labute approximate surface area is 238 Å². The maximum absolute atomic E-state index is 13.5. The maximum Gasteiger partial charge on any atom is 0.416 e. The van der Waals surface area contributed by atoms with Crippen molar-refractivity contribution in [2.24, 2.45) is 0 Å². The second-order valence-corrected chi connectivity index (χ2v) is 11.7. The number of likely N-dealkylation sites (N-methyl/N-ethyl adjacent to an activating group) is 1. The van der Waals surface area contributed by atoms with E-state index in [0.717, 1.165) is 69.2 Å². The fourth-order valence-electron chi connectivity index (χ4n) is 6.35. The number of amides is 2. The average Bonchev–Trinajstić information content (AvgIpc) is 3.38. The van der Waals surface area contributed by atoms with E-state index in [-0.39, 0.29) is 18.2 Å². The van der Waals surface area contributed by atoms with Crippen LogP contribution in [0.3, 0.4) is 0 Å². The predicted molar refractivity (Wildman–Crippen MR) is 151 cm³/mol. The van der Waals surface area contributed by atoms with Gasteiger partial charge >= 0.3 is 6.18 Å². The molecule has 2 aromatic heterocycles. The zero-order valence-electron chi connectivity index (χ0n) is 23.7. The van der Waals surface area contributed by atoms with Crippen molar-refractivity contribution in [3.63, 3.8) is 0 Å². The van der Waals surface area contributed by atoms with Crippen LogP contribution in [0.15, 0.2) is 48.7 Å². The molecule has 41 heavy (non-hydrogen) atoms. The third-order valence-electron chi connectivity index (χ3n) is 8.81. The van der Waals surface area contributed by atoms with Crippen LogP contribution in [0.4, 0.5) is 13.2 Å². The fraction of sp³-hybridized carbons (Fsp3) is 0.516. The molecular weight excluding hydrogens is 531 g/mol. The summed E-state index contributed by atoms with van der Waals surface area (Å²) in [5.74, 6) is -0.255. The Kier molecular flexibility index (Phi) is 8.40. The van der Waals surface area contributed by atoms with E-state index in [1.54, 1.807) is 40.9 Å². The maximum atomic E-state index is 13.5. The number of nitrogens with one attached hydrogen (secondary N) is 1. The fourth-order valence-corrected chi connectivity index (χ4v) is 6.35. The highest BCUT2D eigenvalue weighted by molar-refractivity contribution is 5.93. The predicted octanol–water partition coefficient (Wildman–Crippen LogP) is 5.08. The Bertz CT molecular complexity index is 1380. The minimum Gasteiger partial charge on any atom is -0.350 e. The first-order chi connectivity index (χ1) is 19.6. The summed E-state index contributed by atoms with van der Waals surface area (Å²) in [5.41, 5.74) is 1.32. The van der Waals surface area contributed by atoms with Gasteiger partial charge in [-0.2, -0.15) is 13.2 Å². The monoisotopic (exact) mass is 569 g/mol. The van der Waals surface area contributed by atoms with Crippen molar-refractivity contribution in [1.82, 2.24) is 24.5 Å². The van der Waals surface area contributed by atoms with Gasteiger partial charge in [-0.25, -0.2) is 4.98 Å². The highest BCUT2D eigenvalue weighted by atomic mass is 19.4. The molecule has 1 aliphatic carbocycles. The second kappa shape index (κ2) is 11.8. The van der Waals surface area contributed by atoms with E-state index in [9.17, 15) is 22.8 Å². The molecule has 1 saturated carbocycles. The summed E-state index contributed by atoms with van der Waals surface area (Å²) < 4.78 is 41.2. The zero-order valence-corrected chi connectivity index (χ0v) is 23.7. The number of hydrogen-bond donors (Lipinski definition) is 1. The number of aromatic nitrogens is 2. The summed E-state index contributed by atoms with van der Waals surface area (Å²) in [6.45, 7) is 1.77. The number of pyridine rings is 1. The van der Waals surface area contributed by atoms with Crippen molar-refractivity contribution < 1.29 is 22.8 Å². The minimum absolute atomic E-state index is 0.0294. The Balaban J connectivity index is 1.30. The molecule has 2 fully saturated rings. The summed E-state index contributed by atoms with van der Waals surface area (Å²) in [4.78, 5) is 35.2. The lowest BCUT2D eigenvalue weighted by Gasteiger charge is -2.38. The van der Waals surface area contributed by atoms with Gasteiger partial charge in [-0.15, -0.1) is 0 Å². The molecule has 0 bridgehead atoms. The van der Waals surface area contributed by atoms with E-state index < -0.39 is 17.2 Å². The van der Waals surface area contributed by atoms with Crippen LogP contribution in [0.1, 0.15) is 72.3 Å². The van der Waals surface area contributed by atoms with Crippen molar-refractivity contribution in [1.29, 1.82) is 0 Å². The molecule has 1 aliphatic heterocycles. The van der Waals surface area contributed by atoms with E-state index in [4.69, 9.17) is 0 Å². The van der Waals surface area contributed by atoms with Gasteiger partial charge in [0.05, 0.1) is 17.7 Å². The lowest BCUT2D eigenvalue weighted by atomic mass is 9.69. The molecule has 0 radical (unpaired) electrons. The Morgan fingerprint density at radius 3 is 2.46 bits per heavy atom. The standard InChI is InChI=1S/C31H38F3N5O2/c1-37(2)25-8-7-17-38(20-25)28(40)18-24-19-39-26(9-6-10-27(39)36-24)29(41)35-21-30(15-4-3-5-16-30)22-11-13-23(14-12-22)31(32,33)34/h6,9-14,19,25H,3-5,7-8,15-18,20-21H2,1-2H3,(H,35,41). The summed E-state index contributed by atoms with van der Waals surface area (Å²) in [6, 6.07) is 11.0. The molecule has 7 nitrogen and oxygen atoms in total. The van der Waals surface area contributed by atoms with Gasteiger partial charge in [-0.3, -0.25) is 14.0 Å². The van der Waals surface area contributed by atoms with Crippen LogP contribution < -0.4 is 5.32 Å². The first-order valence-electron chi connectivity index (χ1n) is 14.4. The summed E-state index contributed by atoms with van der Waals surface area (Å²) in [7, 11) is 4.07. The van der Waals surface area contributed by atoms with E-state index in [1.165, 1.54) is 0 Å². The molecule has 3 aromatic rings. The first kappa shape index (κ1) is 29.1. The first-order valence-corrected chi connectivity index (χ1v) is 14.4. The molecule has 1 atom stereocenters. The minimum atomic E-state index is -4.39. The zero-order chi connectivity index (χ0) is 29.2. The number of rotatable bonds is 7. The van der Waals surface area contributed by atoms with Gasteiger partial charge in [0.25, 0.3) is 5.91 Å². The van der Waals surface area contributed by atoms with Gasteiger partial charge in [0.2, 0.25) is 5.91 Å². The molecule has 2 aliphatic rings. The van der Waals surface area contributed by atoms with Gasteiger partial charge in [0, 0.05) is 37.3 Å². The molecule has 220 valence electrons. The van der Waals surface area contributed by atoms with E-state index in [0.29, 0.717) is 36.2 Å². The molecule has 1 aromatic carbocycles. The molecule has 2 amide bonds. The van der Waals surface area contributed by atoms with E-state index >= 15 is 0 Å². The number of alkyl halides is 3. The number of nitrogens with zero attached hydrogens (tertiary/aromatic N) is 4. The number of likely N-dealkylation sites (tertiary alicyclic amines) is 1. The number of hydrogen-bond acceptors (Lipinski definition) is 4. The van der Waals surface area contributed by atoms with Crippen LogP contribution >= 0.6 is 0 Å². The number of piperidine rings is 1. The highest BCUT2D eigenvalue weighted by Gasteiger charge is 2.36. The SMILES string of the molecule is CN(C)C1CCCN(C(=O)Cc2cn3c(C(=O)NCC4(c5ccc(C(F)(F)F)cc5)CCCCC4)cccc3n2)C1. The van der Waals surface area contributed by atoms with Crippen molar-refractivity contribution >= 4 is 17.5 Å². The lowest BCUT2D eigenvalue weighted by Crippen LogP contribution is -2.47. The van der Waals surface area contributed by atoms with E-state index in [2.05, 4.69) is 15.2 Å². The molecular formula is C31H38F3N5O2. The van der Waals surface area contributed by atoms with Crippen molar-refractivity contribution in [2.45, 2.75) is 69.0 Å². The van der Waals surface area contributed by atoms with Crippen LogP contribution in [0, 0.1) is 0 Å². The molecule has 1 N–H and O–H groups in total. The molecule has 3 heterocycles. The van der Waals surface area contributed by atoms with Crippen LogP contribution in [-0.2, 0) is 22.8 Å². The van der Waals surface area contributed by atoms with Crippen LogP contribution in [0.25, 0.3) is 5.65 Å². The number of imidazole rings is 1. The molecule has 1 saturated heterocycles. The number of carbonyl (C=O) groups is 2. The molecule has 10 heteroatoms. The Morgan fingerprint density at radius 1 is 1.05 bits per heavy atom. The highest BCUT2D eigenvalue weighted by Crippen LogP contribution is 2.40. The summed E-state index contributed by atoms with van der Waals surface area (Å²) >= 11 is 0. The molecule has 1 unspecified atom stereocenters. The van der Waals surface area contributed by atoms with Crippen molar-refractivity contribution in [2.75, 3.05) is 33.7 Å². The largest absolute Gasteiger partial charge is 0.416 e. The Hall–Kier alpha value is -3.40.